The average molecular weight is 114 g/mol. The maximum absolute atomic E-state index is 5.53. The van der Waals surface area contributed by atoms with Gasteiger partial charge in [-0.05, 0) is 24.9 Å². The maximum atomic E-state index is 5.53. The van der Waals surface area contributed by atoms with Crippen LogP contribution >= 0.6 is 0 Å². The molecule has 1 fully saturated rings. The second-order valence-electron chi connectivity index (χ2n) is 2.94. The molecule has 1 rings (SSSR count). The van der Waals surface area contributed by atoms with Crippen LogP contribution in [0.1, 0.15) is 13.3 Å². The van der Waals surface area contributed by atoms with E-state index in [-0.39, 0.29) is 0 Å². The van der Waals surface area contributed by atoms with E-state index in [9.17, 15) is 0 Å². The summed E-state index contributed by atoms with van der Waals surface area (Å²) in [7, 11) is 0. The molecule has 1 aliphatic rings. The van der Waals surface area contributed by atoms with Crippen LogP contribution in [-0.4, -0.2) is 19.6 Å². The van der Waals surface area contributed by atoms with Gasteiger partial charge in [0.15, 0.2) is 0 Å². The summed E-state index contributed by atoms with van der Waals surface area (Å²) in [6.07, 6.45) is 1.24. The Hall–Kier alpha value is -0.0800. The zero-order chi connectivity index (χ0) is 6.04. The molecule has 1 atom stereocenters. The zero-order valence-corrected chi connectivity index (χ0v) is 5.41. The summed E-state index contributed by atoms with van der Waals surface area (Å²) in [6, 6.07) is 0. The highest BCUT2D eigenvalue weighted by atomic mass is 14.9. The Morgan fingerprint density at radius 1 is 1.75 bits per heavy atom. The van der Waals surface area contributed by atoms with E-state index in [4.69, 9.17) is 5.73 Å². The quantitative estimate of drug-likeness (QED) is 0.501. The van der Waals surface area contributed by atoms with E-state index >= 15 is 0 Å². The molecule has 1 unspecified atom stereocenters. The topological polar surface area (TPSA) is 38.0 Å². The van der Waals surface area contributed by atoms with Crippen LogP contribution < -0.4 is 11.1 Å². The highest BCUT2D eigenvalue weighted by Gasteiger charge is 2.25. The Morgan fingerprint density at radius 3 is 2.75 bits per heavy atom. The van der Waals surface area contributed by atoms with Crippen LogP contribution in [0.2, 0.25) is 0 Å². The van der Waals surface area contributed by atoms with Crippen molar-refractivity contribution < 1.29 is 0 Å². The lowest BCUT2D eigenvalue weighted by Crippen LogP contribution is -2.29. The Kier molecular flexibility index (Phi) is 1.54. The summed E-state index contributed by atoms with van der Waals surface area (Å²) in [5, 5.41) is 3.28. The van der Waals surface area contributed by atoms with Crippen molar-refractivity contribution in [3.8, 4) is 0 Å². The van der Waals surface area contributed by atoms with Gasteiger partial charge < -0.3 is 11.1 Å². The summed E-state index contributed by atoms with van der Waals surface area (Å²) >= 11 is 0. The summed E-state index contributed by atoms with van der Waals surface area (Å²) < 4.78 is 0. The first-order valence-electron chi connectivity index (χ1n) is 3.18. The third kappa shape index (κ3) is 1.01. The number of hydrogen-bond donors (Lipinski definition) is 2. The molecule has 0 radical (unpaired) electrons. The fraction of sp³-hybridized carbons (Fsp3) is 1.00. The molecule has 0 saturated carbocycles. The van der Waals surface area contributed by atoms with Gasteiger partial charge in [-0.1, -0.05) is 6.92 Å². The van der Waals surface area contributed by atoms with Gasteiger partial charge in [-0.2, -0.15) is 0 Å². The van der Waals surface area contributed by atoms with Crippen LogP contribution in [0, 0.1) is 5.41 Å². The predicted molar refractivity (Wildman–Crippen MR) is 34.6 cm³/mol. The van der Waals surface area contributed by atoms with Crippen LogP contribution in [0.25, 0.3) is 0 Å². The Balaban J connectivity index is 2.40. The number of hydrogen-bond acceptors (Lipinski definition) is 2. The molecular weight excluding hydrogens is 100 g/mol. The van der Waals surface area contributed by atoms with Crippen molar-refractivity contribution in [2.45, 2.75) is 13.3 Å². The van der Waals surface area contributed by atoms with Crippen molar-refractivity contribution in [3.63, 3.8) is 0 Å². The van der Waals surface area contributed by atoms with Gasteiger partial charge in [0.2, 0.25) is 0 Å². The molecular formula is C6H14N2. The van der Waals surface area contributed by atoms with E-state index in [2.05, 4.69) is 12.2 Å². The molecule has 0 aromatic heterocycles. The lowest BCUT2D eigenvalue weighted by Gasteiger charge is -2.18. The number of nitrogens with one attached hydrogen (secondary N) is 1. The van der Waals surface area contributed by atoms with E-state index in [0.717, 1.165) is 19.6 Å². The zero-order valence-electron chi connectivity index (χ0n) is 5.41. The molecule has 0 spiro atoms. The van der Waals surface area contributed by atoms with Gasteiger partial charge in [0.1, 0.15) is 0 Å². The van der Waals surface area contributed by atoms with E-state index in [1.54, 1.807) is 0 Å². The first-order valence-corrected chi connectivity index (χ1v) is 3.18. The van der Waals surface area contributed by atoms with E-state index in [1.165, 1.54) is 6.42 Å². The normalized spacial score (nSPS) is 38.2. The second kappa shape index (κ2) is 2.03. The summed E-state index contributed by atoms with van der Waals surface area (Å²) in [6.45, 7) is 5.30. The van der Waals surface area contributed by atoms with Crippen LogP contribution in [0.15, 0.2) is 0 Å². The Labute approximate surface area is 50.4 Å². The van der Waals surface area contributed by atoms with Gasteiger partial charge in [-0.3, -0.25) is 0 Å². The van der Waals surface area contributed by atoms with E-state index in [1.807, 2.05) is 0 Å². The molecule has 0 bridgehead atoms. The highest BCUT2D eigenvalue weighted by Crippen LogP contribution is 2.21. The third-order valence-corrected chi connectivity index (χ3v) is 1.95. The molecule has 1 heterocycles. The van der Waals surface area contributed by atoms with Crippen LogP contribution in [0.3, 0.4) is 0 Å². The number of rotatable bonds is 1. The molecule has 48 valence electrons. The minimum atomic E-state index is 0.403. The van der Waals surface area contributed by atoms with Gasteiger partial charge in [0.25, 0.3) is 0 Å². The van der Waals surface area contributed by atoms with E-state index in [0.29, 0.717) is 5.41 Å². The lowest BCUT2D eigenvalue weighted by atomic mass is 9.90. The van der Waals surface area contributed by atoms with Crippen LogP contribution in [0.4, 0.5) is 0 Å². The Bertz CT molecular complexity index is 74.6. The first kappa shape index (κ1) is 6.05. The molecule has 0 aromatic rings. The monoisotopic (exact) mass is 114 g/mol. The van der Waals surface area contributed by atoms with Crippen molar-refractivity contribution in [1.29, 1.82) is 0 Å². The van der Waals surface area contributed by atoms with Crippen LogP contribution in [-0.2, 0) is 0 Å². The largest absolute Gasteiger partial charge is 0.330 e. The molecule has 2 nitrogen and oxygen atoms in total. The van der Waals surface area contributed by atoms with Gasteiger partial charge in [-0.15, -0.1) is 0 Å². The van der Waals surface area contributed by atoms with Crippen molar-refractivity contribution in [3.05, 3.63) is 0 Å². The highest BCUT2D eigenvalue weighted by molar-refractivity contribution is 4.83. The molecule has 0 aromatic carbocycles. The summed E-state index contributed by atoms with van der Waals surface area (Å²) in [5.41, 5.74) is 5.93. The fourth-order valence-electron chi connectivity index (χ4n) is 1.04. The first-order chi connectivity index (χ1) is 3.77. The molecule has 0 aliphatic carbocycles. The van der Waals surface area contributed by atoms with Gasteiger partial charge in [0.05, 0.1) is 0 Å². The van der Waals surface area contributed by atoms with Gasteiger partial charge in [0, 0.05) is 6.54 Å². The summed E-state index contributed by atoms with van der Waals surface area (Å²) in [5.74, 6) is 0. The molecule has 3 N–H and O–H groups in total. The fourth-order valence-corrected chi connectivity index (χ4v) is 1.04. The van der Waals surface area contributed by atoms with Crippen molar-refractivity contribution in [2.75, 3.05) is 19.6 Å². The molecule has 1 aliphatic heterocycles. The van der Waals surface area contributed by atoms with Crippen molar-refractivity contribution >= 4 is 0 Å². The average Bonchev–Trinajstić information content (AvgIpc) is 2.17. The van der Waals surface area contributed by atoms with Gasteiger partial charge >= 0.3 is 0 Å². The van der Waals surface area contributed by atoms with Crippen LogP contribution in [0.5, 0.6) is 0 Å². The Morgan fingerprint density at radius 2 is 2.50 bits per heavy atom. The maximum Gasteiger partial charge on any atom is 0.00177 e. The SMILES string of the molecule is CC1(CN)CCNC1. The smallest absolute Gasteiger partial charge is 0.00177 e. The minimum absolute atomic E-state index is 0.403. The predicted octanol–water partition coefficient (Wildman–Crippen LogP) is -0.0553. The molecule has 0 amide bonds. The standard InChI is InChI=1S/C6H14N2/c1-6(4-7)2-3-8-5-6/h8H,2-5,7H2,1H3. The molecule has 8 heavy (non-hydrogen) atoms. The third-order valence-electron chi connectivity index (χ3n) is 1.95. The molecule has 1 saturated heterocycles. The number of nitrogens with two attached hydrogens (primary N) is 1. The minimum Gasteiger partial charge on any atom is -0.330 e. The lowest BCUT2D eigenvalue weighted by molar-refractivity contribution is 0.379. The van der Waals surface area contributed by atoms with Crippen molar-refractivity contribution in [2.24, 2.45) is 11.1 Å². The molecule has 2 heteroatoms. The van der Waals surface area contributed by atoms with E-state index < -0.39 is 0 Å². The van der Waals surface area contributed by atoms with Crippen molar-refractivity contribution in [1.82, 2.24) is 5.32 Å². The second-order valence-corrected chi connectivity index (χ2v) is 2.94. The summed E-state index contributed by atoms with van der Waals surface area (Å²) in [4.78, 5) is 0. The van der Waals surface area contributed by atoms with Gasteiger partial charge in [-0.25, -0.2) is 0 Å².